The Labute approximate surface area is 299 Å². The Morgan fingerprint density at radius 3 is 2.18 bits per heavy atom. The Morgan fingerprint density at radius 1 is 0.612 bits per heavy atom. The summed E-state index contributed by atoms with van der Waals surface area (Å²) >= 11 is 0. The number of aromatic nitrogens is 2. The molecule has 9 rings (SSSR count). The summed E-state index contributed by atoms with van der Waals surface area (Å²) < 4.78 is 8.64. The van der Waals surface area contributed by atoms with Crippen molar-refractivity contribution >= 4 is 38.9 Å². The van der Waals surface area contributed by atoms with Crippen LogP contribution >= 0.6 is 0 Å². The minimum Gasteiger partial charge on any atom is -0.509 e. The molecule has 2 aromatic heterocycles. The summed E-state index contributed by atoms with van der Waals surface area (Å²) in [6.45, 7) is 0.749. The van der Waals surface area contributed by atoms with Gasteiger partial charge in [0.25, 0.3) is 0 Å². The van der Waals surface area contributed by atoms with E-state index >= 15 is 0 Å². The normalized spacial score (nSPS) is 12.3. The summed E-state index contributed by atoms with van der Waals surface area (Å²) in [4.78, 5) is 9.38. The van der Waals surface area contributed by atoms with E-state index in [2.05, 4.69) is 155 Å². The standard InChI is InChI=1S/C43H30N4O.Pt/c1-45-29-46(41-21-10-9-20-40(41)45)32-14-11-15-33(27-32)48-34-22-23-38-37-18-7-8-19-39(37)47(42(38)28-34)43-26-31(24-25-44-43)36-17-6-5-16-35(36)30-12-3-2-4-13-30;/h2-26H,29H2,1H3;/q-2;+2. The first-order chi connectivity index (χ1) is 23.7. The van der Waals surface area contributed by atoms with Crippen molar-refractivity contribution < 1.29 is 25.8 Å². The van der Waals surface area contributed by atoms with Gasteiger partial charge < -0.3 is 19.1 Å². The largest absolute Gasteiger partial charge is 2.00 e. The molecule has 1 aliphatic heterocycles. The Kier molecular flexibility index (Phi) is 7.99. The number of fused-ring (bicyclic) bond motifs is 4. The monoisotopic (exact) mass is 813 g/mol. The number of pyridine rings is 1. The van der Waals surface area contributed by atoms with E-state index in [1.807, 2.05) is 30.5 Å². The first-order valence-electron chi connectivity index (χ1n) is 16.1. The first kappa shape index (κ1) is 30.7. The fraction of sp³-hybridized carbons (Fsp3) is 0.0465. The molecule has 3 heterocycles. The third-order valence-electron chi connectivity index (χ3n) is 9.06. The Bertz CT molecular complexity index is 2460. The van der Waals surface area contributed by atoms with Crippen molar-refractivity contribution in [3.8, 4) is 39.6 Å². The van der Waals surface area contributed by atoms with Crippen molar-refractivity contribution in [2.75, 3.05) is 23.5 Å². The van der Waals surface area contributed by atoms with Gasteiger partial charge >= 0.3 is 21.1 Å². The molecule has 5 nitrogen and oxygen atoms in total. The molecule has 1 aliphatic rings. The Morgan fingerprint density at radius 2 is 1.33 bits per heavy atom. The van der Waals surface area contributed by atoms with Crippen LogP contribution in [0.3, 0.4) is 0 Å². The molecule has 0 N–H and O–H groups in total. The van der Waals surface area contributed by atoms with Crippen LogP contribution < -0.4 is 14.5 Å². The number of hydrogen-bond donors (Lipinski definition) is 0. The maximum atomic E-state index is 6.46. The van der Waals surface area contributed by atoms with Crippen LogP contribution in [0.1, 0.15) is 0 Å². The average molecular weight is 814 g/mol. The predicted octanol–water partition coefficient (Wildman–Crippen LogP) is 10.4. The molecular weight excluding hydrogens is 784 g/mol. The summed E-state index contributed by atoms with van der Waals surface area (Å²) in [7, 11) is 2.11. The van der Waals surface area contributed by atoms with Gasteiger partial charge in [0, 0.05) is 30.3 Å². The molecule has 0 bridgehead atoms. The van der Waals surface area contributed by atoms with Gasteiger partial charge in [-0.2, -0.15) is 12.1 Å². The zero-order valence-corrected chi connectivity index (χ0v) is 28.9. The third kappa shape index (κ3) is 5.47. The molecular formula is C43H30N4OPt. The molecule has 0 radical (unpaired) electrons. The molecule has 6 heteroatoms. The second-order valence-electron chi connectivity index (χ2n) is 12.0. The maximum absolute atomic E-state index is 6.46. The van der Waals surface area contributed by atoms with E-state index in [0.29, 0.717) is 11.5 Å². The van der Waals surface area contributed by atoms with Gasteiger partial charge in [0.1, 0.15) is 5.82 Å². The van der Waals surface area contributed by atoms with Crippen LogP contribution in [0.25, 0.3) is 49.9 Å². The van der Waals surface area contributed by atoms with Gasteiger partial charge in [-0.25, -0.2) is 4.98 Å². The van der Waals surface area contributed by atoms with Gasteiger partial charge in [-0.05, 0) is 58.0 Å². The molecule has 0 fully saturated rings. The van der Waals surface area contributed by atoms with Crippen LogP contribution in [0.2, 0.25) is 0 Å². The second kappa shape index (κ2) is 12.8. The minimum absolute atomic E-state index is 0. The average Bonchev–Trinajstić information content (AvgIpc) is 3.66. The number of benzene rings is 6. The molecule has 0 spiro atoms. The molecule has 238 valence electrons. The van der Waals surface area contributed by atoms with Crippen LogP contribution in [0.15, 0.2) is 152 Å². The smallest absolute Gasteiger partial charge is 0.509 e. The fourth-order valence-electron chi connectivity index (χ4n) is 6.84. The van der Waals surface area contributed by atoms with Crippen LogP contribution in [-0.4, -0.2) is 23.3 Å². The predicted molar refractivity (Wildman–Crippen MR) is 195 cm³/mol. The quantitative estimate of drug-likeness (QED) is 0.157. The molecule has 8 aromatic rings. The van der Waals surface area contributed by atoms with E-state index < -0.39 is 0 Å². The number of nitrogens with zero attached hydrogens (tertiary/aromatic N) is 4. The van der Waals surface area contributed by atoms with Crippen molar-refractivity contribution in [2.45, 2.75) is 0 Å². The Hall–Kier alpha value is -5.64. The van der Waals surface area contributed by atoms with Crippen LogP contribution in [0, 0.1) is 12.1 Å². The SMILES string of the molecule is CN1CN(c2[c-]c(Oc3[c-]c4c(cc3)c3ccccc3n4-c3cc(-c4ccccc4-c4ccccc4)ccn3)ccc2)c2ccccc21.[Pt+2]. The molecule has 6 aromatic carbocycles. The molecule has 0 unspecified atom stereocenters. The van der Waals surface area contributed by atoms with E-state index in [0.717, 1.165) is 56.8 Å². The molecule has 0 amide bonds. The molecule has 0 aliphatic carbocycles. The number of para-hydroxylation sites is 3. The van der Waals surface area contributed by atoms with Gasteiger partial charge in [0.15, 0.2) is 0 Å². The van der Waals surface area contributed by atoms with Crippen molar-refractivity contribution in [1.82, 2.24) is 9.55 Å². The summed E-state index contributed by atoms with van der Waals surface area (Å²) in [5.74, 6) is 2.07. The number of hydrogen-bond acceptors (Lipinski definition) is 4. The molecule has 49 heavy (non-hydrogen) atoms. The van der Waals surface area contributed by atoms with Crippen LogP contribution in [-0.2, 0) is 21.1 Å². The van der Waals surface area contributed by atoms with Crippen LogP contribution in [0.5, 0.6) is 11.5 Å². The van der Waals surface area contributed by atoms with Crippen molar-refractivity contribution in [1.29, 1.82) is 0 Å². The van der Waals surface area contributed by atoms with E-state index in [1.165, 1.54) is 16.8 Å². The van der Waals surface area contributed by atoms with Crippen molar-refractivity contribution in [3.05, 3.63) is 164 Å². The van der Waals surface area contributed by atoms with E-state index in [4.69, 9.17) is 9.72 Å². The number of anilines is 3. The number of rotatable bonds is 6. The van der Waals surface area contributed by atoms with Gasteiger partial charge in [0.2, 0.25) is 0 Å². The second-order valence-corrected chi connectivity index (χ2v) is 12.0. The molecule has 0 atom stereocenters. The first-order valence-corrected chi connectivity index (χ1v) is 16.1. The Balaban J connectivity index is 0.00000348. The van der Waals surface area contributed by atoms with Crippen molar-refractivity contribution in [2.24, 2.45) is 0 Å². The van der Waals surface area contributed by atoms with Crippen molar-refractivity contribution in [3.63, 3.8) is 0 Å². The summed E-state index contributed by atoms with van der Waals surface area (Å²) in [5.41, 5.74) is 9.89. The number of ether oxygens (including phenoxy) is 1. The summed E-state index contributed by atoms with van der Waals surface area (Å²) in [5, 5.41) is 2.22. The fourth-order valence-corrected chi connectivity index (χ4v) is 6.84. The zero-order chi connectivity index (χ0) is 32.0. The topological polar surface area (TPSA) is 33.5 Å². The third-order valence-corrected chi connectivity index (χ3v) is 9.06. The molecule has 0 saturated heterocycles. The van der Waals surface area contributed by atoms with Crippen LogP contribution in [0.4, 0.5) is 17.1 Å². The van der Waals surface area contributed by atoms with E-state index in [-0.39, 0.29) is 21.1 Å². The van der Waals surface area contributed by atoms with Gasteiger partial charge in [0.05, 0.1) is 18.0 Å². The van der Waals surface area contributed by atoms with Gasteiger partial charge in [-0.1, -0.05) is 96.1 Å². The molecule has 0 saturated carbocycles. The zero-order valence-electron chi connectivity index (χ0n) is 26.7. The minimum atomic E-state index is 0. The summed E-state index contributed by atoms with van der Waals surface area (Å²) in [6.07, 6.45) is 1.89. The van der Waals surface area contributed by atoms with E-state index in [1.54, 1.807) is 0 Å². The summed E-state index contributed by atoms with van der Waals surface area (Å²) in [6, 6.07) is 57.4. The van der Waals surface area contributed by atoms with E-state index in [9.17, 15) is 0 Å². The maximum Gasteiger partial charge on any atom is 2.00 e. The van der Waals surface area contributed by atoms with Gasteiger partial charge in [-0.15, -0.1) is 35.7 Å². The van der Waals surface area contributed by atoms with Gasteiger partial charge in [-0.3, -0.25) is 0 Å².